The third-order valence-electron chi connectivity index (χ3n) is 8.89. The topological polar surface area (TPSA) is 61.1 Å². The Morgan fingerprint density at radius 1 is 0.690 bits per heavy atom. The molecule has 0 heterocycles. The highest BCUT2D eigenvalue weighted by atomic mass is 19.1. The van der Waals surface area contributed by atoms with E-state index in [9.17, 15) is 19.6 Å². The Bertz CT molecular complexity index is 1700. The number of aliphatic hydroxyl groups is 1. The van der Waals surface area contributed by atoms with Crippen LogP contribution in [0.5, 0.6) is 0 Å². The smallest absolute Gasteiger partial charge is 0.169 e. The van der Waals surface area contributed by atoms with E-state index in [2.05, 4.69) is 6.07 Å². The van der Waals surface area contributed by atoms with Crippen molar-refractivity contribution in [2.45, 2.75) is 29.3 Å². The molecule has 3 nitrogen and oxygen atoms in total. The highest BCUT2D eigenvalue weighted by Gasteiger charge is 2.64. The van der Waals surface area contributed by atoms with Gasteiger partial charge >= 0.3 is 0 Å². The van der Waals surface area contributed by atoms with Gasteiger partial charge in [0.1, 0.15) is 11.4 Å². The lowest BCUT2D eigenvalue weighted by atomic mass is 9.46. The van der Waals surface area contributed by atoms with Gasteiger partial charge in [-0.25, -0.2) is 4.39 Å². The molecule has 0 aliphatic heterocycles. The first-order chi connectivity index (χ1) is 20.5. The van der Waals surface area contributed by atoms with Crippen LogP contribution >= 0.6 is 0 Å². The summed E-state index contributed by atoms with van der Waals surface area (Å²) in [6, 6.07) is 46.2. The van der Waals surface area contributed by atoms with Gasteiger partial charge in [-0.1, -0.05) is 133 Å². The maximum Gasteiger partial charge on any atom is 0.169 e. The van der Waals surface area contributed by atoms with Crippen molar-refractivity contribution >= 4 is 5.78 Å². The second kappa shape index (κ2) is 11.2. The van der Waals surface area contributed by atoms with Gasteiger partial charge in [-0.05, 0) is 40.8 Å². The molecule has 5 aromatic carbocycles. The molecule has 5 aromatic rings. The molecule has 1 aliphatic rings. The van der Waals surface area contributed by atoms with E-state index in [0.29, 0.717) is 16.7 Å². The van der Waals surface area contributed by atoms with Crippen LogP contribution in [0.2, 0.25) is 0 Å². The zero-order chi connectivity index (χ0) is 29.2. The van der Waals surface area contributed by atoms with Gasteiger partial charge in [-0.15, -0.1) is 0 Å². The zero-order valence-corrected chi connectivity index (χ0v) is 23.0. The third-order valence-corrected chi connectivity index (χ3v) is 8.89. The number of benzene rings is 5. The molecule has 206 valence electrons. The molecule has 0 radical (unpaired) electrons. The van der Waals surface area contributed by atoms with Crippen LogP contribution in [0.3, 0.4) is 0 Å². The third kappa shape index (κ3) is 4.53. The first-order valence-electron chi connectivity index (χ1n) is 14.1. The van der Waals surface area contributed by atoms with Crippen molar-refractivity contribution in [3.63, 3.8) is 0 Å². The van der Waals surface area contributed by atoms with E-state index >= 15 is 0 Å². The van der Waals surface area contributed by atoms with Crippen LogP contribution in [0.1, 0.15) is 50.9 Å². The van der Waals surface area contributed by atoms with E-state index in [1.54, 1.807) is 36.4 Å². The molecule has 0 saturated heterocycles. The van der Waals surface area contributed by atoms with Crippen molar-refractivity contribution in [1.29, 1.82) is 5.26 Å². The molecule has 0 unspecified atom stereocenters. The number of nitriles is 1. The standard InChI is InChI=1S/C38H30FNO2/c39-32-23-21-30(22-24-32)37(26-40)33(27-13-5-1-6-14-27)25-38(42,31-19-11-4-12-20-31)35(34(37)28-15-7-2-8-16-28)36(41)29-17-9-3-10-18-29/h1-24,33-35,42H,25H2/t33-,34-,35+,37-,38-/m1/s1. The molecule has 1 saturated carbocycles. The van der Waals surface area contributed by atoms with Crippen molar-refractivity contribution in [2.24, 2.45) is 5.92 Å². The number of carbonyl (C=O) groups excluding carboxylic acids is 1. The number of hydrogen-bond donors (Lipinski definition) is 1. The Balaban J connectivity index is 1.73. The molecule has 0 bridgehead atoms. The summed E-state index contributed by atoms with van der Waals surface area (Å²) in [6.45, 7) is 0. The van der Waals surface area contributed by atoms with E-state index in [-0.39, 0.29) is 12.2 Å². The molecule has 5 atom stereocenters. The highest BCUT2D eigenvalue weighted by molar-refractivity contribution is 6.00. The van der Waals surface area contributed by atoms with Gasteiger partial charge in [0.2, 0.25) is 0 Å². The number of ketones is 1. The van der Waals surface area contributed by atoms with Gasteiger partial charge in [-0.3, -0.25) is 4.79 Å². The maximum absolute atomic E-state index is 14.8. The van der Waals surface area contributed by atoms with Crippen molar-refractivity contribution in [3.05, 3.63) is 179 Å². The Morgan fingerprint density at radius 3 is 1.74 bits per heavy atom. The Hall–Kier alpha value is -4.85. The van der Waals surface area contributed by atoms with Crippen LogP contribution in [0.15, 0.2) is 146 Å². The number of rotatable bonds is 6. The molecule has 0 aromatic heterocycles. The van der Waals surface area contributed by atoms with Crippen LogP contribution in [0, 0.1) is 23.1 Å². The second-order valence-electron chi connectivity index (χ2n) is 11.0. The van der Waals surface area contributed by atoms with E-state index in [0.717, 1.165) is 11.1 Å². The van der Waals surface area contributed by atoms with E-state index < -0.39 is 34.6 Å². The number of hydrogen-bond acceptors (Lipinski definition) is 3. The highest BCUT2D eigenvalue weighted by Crippen LogP contribution is 2.63. The quantitative estimate of drug-likeness (QED) is 0.218. The van der Waals surface area contributed by atoms with Crippen LogP contribution in [-0.4, -0.2) is 10.9 Å². The molecule has 1 fully saturated rings. The minimum atomic E-state index is -1.63. The summed E-state index contributed by atoms with van der Waals surface area (Å²) in [4.78, 5) is 14.8. The lowest BCUT2D eigenvalue weighted by molar-refractivity contribution is -0.0738. The van der Waals surface area contributed by atoms with Gasteiger partial charge in [0.25, 0.3) is 0 Å². The summed E-state index contributed by atoms with van der Waals surface area (Å²) in [7, 11) is 0. The maximum atomic E-state index is 14.8. The summed E-state index contributed by atoms with van der Waals surface area (Å²) in [5.41, 5.74) is 0.350. The molecule has 42 heavy (non-hydrogen) atoms. The average molecular weight is 552 g/mol. The van der Waals surface area contributed by atoms with Crippen molar-refractivity contribution in [2.75, 3.05) is 0 Å². The predicted molar refractivity (Wildman–Crippen MR) is 161 cm³/mol. The van der Waals surface area contributed by atoms with Crippen LogP contribution < -0.4 is 0 Å². The molecule has 0 spiro atoms. The summed E-state index contributed by atoms with van der Waals surface area (Å²) >= 11 is 0. The lowest BCUT2D eigenvalue weighted by Crippen LogP contribution is -2.58. The first-order valence-corrected chi connectivity index (χ1v) is 14.1. The van der Waals surface area contributed by atoms with Crippen molar-refractivity contribution in [3.8, 4) is 6.07 Å². The fourth-order valence-electron chi connectivity index (χ4n) is 7.03. The average Bonchev–Trinajstić information content (AvgIpc) is 3.06. The summed E-state index contributed by atoms with van der Waals surface area (Å²) in [6.07, 6.45) is 0.110. The van der Waals surface area contributed by atoms with E-state index in [4.69, 9.17) is 0 Å². The summed E-state index contributed by atoms with van der Waals surface area (Å²) in [5.74, 6) is -3.01. The lowest BCUT2D eigenvalue weighted by Gasteiger charge is -2.56. The van der Waals surface area contributed by atoms with Gasteiger partial charge in [0.15, 0.2) is 5.78 Å². The number of carbonyl (C=O) groups is 1. The number of nitrogens with zero attached hydrogens (tertiary/aromatic N) is 1. The normalized spacial score (nSPS) is 25.3. The van der Waals surface area contributed by atoms with Crippen LogP contribution in [0.25, 0.3) is 0 Å². The Morgan fingerprint density at radius 2 is 1.19 bits per heavy atom. The fourth-order valence-corrected chi connectivity index (χ4v) is 7.03. The van der Waals surface area contributed by atoms with Gasteiger partial charge in [0, 0.05) is 17.4 Å². The molecular formula is C38H30FNO2. The largest absolute Gasteiger partial charge is 0.384 e. The minimum absolute atomic E-state index is 0.110. The molecular weight excluding hydrogens is 521 g/mol. The minimum Gasteiger partial charge on any atom is -0.384 e. The number of halogens is 1. The van der Waals surface area contributed by atoms with Gasteiger partial charge in [-0.2, -0.15) is 5.26 Å². The Labute approximate surface area is 245 Å². The predicted octanol–water partition coefficient (Wildman–Crippen LogP) is 7.95. The summed E-state index contributed by atoms with van der Waals surface area (Å²) in [5, 5.41) is 24.4. The van der Waals surface area contributed by atoms with Gasteiger partial charge in [0.05, 0.1) is 17.4 Å². The van der Waals surface area contributed by atoms with Gasteiger partial charge < -0.3 is 5.11 Å². The molecule has 1 N–H and O–H groups in total. The first kappa shape index (κ1) is 27.3. The molecule has 1 aliphatic carbocycles. The zero-order valence-electron chi connectivity index (χ0n) is 23.0. The van der Waals surface area contributed by atoms with E-state index in [1.807, 2.05) is 97.1 Å². The van der Waals surface area contributed by atoms with Crippen molar-refractivity contribution < 1.29 is 14.3 Å². The second-order valence-corrected chi connectivity index (χ2v) is 11.0. The Kier molecular flexibility index (Phi) is 7.29. The fraction of sp³-hybridized carbons (Fsp3) is 0.158. The number of Topliss-reactive ketones (excluding diaryl/α,β-unsaturated/α-hetero) is 1. The van der Waals surface area contributed by atoms with Crippen LogP contribution in [0.4, 0.5) is 4.39 Å². The molecule has 0 amide bonds. The van der Waals surface area contributed by atoms with Crippen molar-refractivity contribution in [1.82, 2.24) is 0 Å². The SMILES string of the molecule is N#C[C@@]1(c2ccc(F)cc2)[C@@H](c2ccccc2)C[C@@](O)(c2ccccc2)[C@H](C(=O)c2ccccc2)[C@H]1c1ccccc1. The monoisotopic (exact) mass is 551 g/mol. The van der Waals surface area contributed by atoms with E-state index in [1.165, 1.54) is 12.1 Å². The summed E-state index contributed by atoms with van der Waals surface area (Å²) < 4.78 is 14.3. The molecule has 4 heteroatoms. The molecule has 6 rings (SSSR count). The van der Waals surface area contributed by atoms with Crippen LogP contribution in [-0.2, 0) is 11.0 Å².